The molecule has 28 heavy (non-hydrogen) atoms. The van der Waals surface area contributed by atoms with Crippen molar-refractivity contribution in [1.29, 1.82) is 0 Å². The highest BCUT2D eigenvalue weighted by Gasteiger charge is 2.20. The maximum atomic E-state index is 12.2. The van der Waals surface area contributed by atoms with Crippen LogP contribution in [0.25, 0.3) is 0 Å². The van der Waals surface area contributed by atoms with Gasteiger partial charge in [0.05, 0.1) is 10.5 Å². The van der Waals surface area contributed by atoms with Crippen molar-refractivity contribution in [3.63, 3.8) is 0 Å². The molecule has 0 radical (unpaired) electrons. The molecule has 0 aliphatic heterocycles. The minimum atomic E-state index is -3.97. The summed E-state index contributed by atoms with van der Waals surface area (Å²) in [6.45, 7) is 2.46. The van der Waals surface area contributed by atoms with Crippen LogP contribution in [0, 0.1) is 0 Å². The Bertz CT molecular complexity index is 1010. The van der Waals surface area contributed by atoms with Gasteiger partial charge in [0, 0.05) is 18.8 Å². The smallest absolute Gasteiger partial charge is 0.339 e. The highest BCUT2D eigenvalue weighted by molar-refractivity contribution is 7.90. The zero-order chi connectivity index (χ0) is 20.9. The molecule has 2 aromatic rings. The van der Waals surface area contributed by atoms with Crippen molar-refractivity contribution in [2.75, 3.05) is 5.32 Å². The van der Waals surface area contributed by atoms with Crippen LogP contribution in [-0.2, 0) is 24.3 Å². The van der Waals surface area contributed by atoms with E-state index in [0.29, 0.717) is 0 Å². The second-order valence-corrected chi connectivity index (χ2v) is 7.66. The molecule has 148 valence electrons. The van der Waals surface area contributed by atoms with Gasteiger partial charge in [-0.2, -0.15) is 0 Å². The Kier molecular flexibility index (Phi) is 6.71. The van der Waals surface area contributed by atoms with Crippen molar-refractivity contribution in [2.24, 2.45) is 0 Å². The number of amides is 2. The highest BCUT2D eigenvalue weighted by atomic mass is 35.5. The third-order valence-corrected chi connectivity index (χ3v) is 4.98. The Hall–Kier alpha value is -2.98. The van der Waals surface area contributed by atoms with E-state index in [-0.39, 0.29) is 21.3 Å². The van der Waals surface area contributed by atoms with E-state index < -0.39 is 33.9 Å². The van der Waals surface area contributed by atoms with Gasteiger partial charge >= 0.3 is 5.97 Å². The molecule has 1 atom stereocenters. The van der Waals surface area contributed by atoms with Gasteiger partial charge in [-0.3, -0.25) is 9.59 Å². The van der Waals surface area contributed by atoms with Gasteiger partial charge in [-0.25, -0.2) is 22.9 Å². The number of carbonyl (C=O) groups excluding carboxylic acids is 3. The third-order valence-electron chi connectivity index (χ3n) is 3.33. The van der Waals surface area contributed by atoms with E-state index in [4.69, 9.17) is 16.3 Å². The number of benzene rings is 1. The maximum Gasteiger partial charge on any atom is 0.339 e. The molecule has 1 aromatic carbocycles. The number of aromatic nitrogens is 1. The normalized spacial score (nSPS) is 12.0. The molecule has 0 aliphatic rings. The lowest BCUT2D eigenvalue weighted by atomic mass is 10.2. The summed E-state index contributed by atoms with van der Waals surface area (Å²) in [6, 6.07) is 7.82. The average molecular weight is 426 g/mol. The molecule has 2 rings (SSSR count). The van der Waals surface area contributed by atoms with Crippen LogP contribution >= 0.6 is 11.6 Å². The van der Waals surface area contributed by atoms with Crippen molar-refractivity contribution in [3.8, 4) is 0 Å². The standard InChI is InChI=1S/C17H16ClN3O6S/c1-10(27-17(24)12-7-8-19-15(18)9-12)16(23)20-13-3-5-14(6-4-13)28(25,26)21-11(2)22/h3-10H,1-2H3,(H,20,23)(H,21,22). The van der Waals surface area contributed by atoms with Gasteiger partial charge in [0.1, 0.15) is 5.15 Å². The van der Waals surface area contributed by atoms with Crippen LogP contribution in [0.2, 0.25) is 5.15 Å². The molecule has 9 nitrogen and oxygen atoms in total. The number of rotatable bonds is 6. The average Bonchev–Trinajstić information content (AvgIpc) is 2.61. The van der Waals surface area contributed by atoms with E-state index in [1.807, 2.05) is 4.72 Å². The molecule has 0 saturated carbocycles. The van der Waals surface area contributed by atoms with Gasteiger partial charge in [0.15, 0.2) is 6.10 Å². The number of anilines is 1. The molecule has 0 spiro atoms. The molecule has 0 saturated heterocycles. The number of carbonyl (C=O) groups is 3. The summed E-state index contributed by atoms with van der Waals surface area (Å²) < 4.78 is 30.6. The first-order valence-corrected chi connectivity index (χ1v) is 9.71. The maximum absolute atomic E-state index is 12.2. The number of esters is 1. The fourth-order valence-electron chi connectivity index (χ4n) is 2.02. The predicted molar refractivity (Wildman–Crippen MR) is 100 cm³/mol. The monoisotopic (exact) mass is 425 g/mol. The van der Waals surface area contributed by atoms with E-state index in [1.54, 1.807) is 0 Å². The van der Waals surface area contributed by atoms with E-state index in [9.17, 15) is 22.8 Å². The fraction of sp³-hybridized carbons (Fsp3) is 0.176. The molecule has 2 amide bonds. The molecular weight excluding hydrogens is 410 g/mol. The van der Waals surface area contributed by atoms with Gasteiger partial charge in [-0.1, -0.05) is 11.6 Å². The van der Waals surface area contributed by atoms with Crippen LogP contribution < -0.4 is 10.0 Å². The Morgan fingerprint density at radius 1 is 1.14 bits per heavy atom. The second-order valence-electron chi connectivity index (χ2n) is 5.59. The SMILES string of the molecule is CC(=O)NS(=O)(=O)c1ccc(NC(=O)C(C)OC(=O)c2ccnc(Cl)c2)cc1. The lowest BCUT2D eigenvalue weighted by Crippen LogP contribution is -2.30. The minimum absolute atomic E-state index is 0.112. The molecule has 2 N–H and O–H groups in total. The van der Waals surface area contributed by atoms with Crippen LogP contribution in [-0.4, -0.2) is 37.3 Å². The van der Waals surface area contributed by atoms with Gasteiger partial charge in [-0.05, 0) is 43.3 Å². The quantitative estimate of drug-likeness (QED) is 0.532. The van der Waals surface area contributed by atoms with E-state index in [0.717, 1.165) is 6.92 Å². The summed E-state index contributed by atoms with van der Waals surface area (Å²) in [6.07, 6.45) is 0.211. The molecule has 1 unspecified atom stereocenters. The largest absolute Gasteiger partial charge is 0.449 e. The van der Waals surface area contributed by atoms with E-state index in [1.165, 1.54) is 49.5 Å². The molecule has 0 fully saturated rings. The summed E-state index contributed by atoms with van der Waals surface area (Å²) in [5, 5.41) is 2.60. The first kappa shape index (κ1) is 21.3. The van der Waals surface area contributed by atoms with Crippen molar-refractivity contribution in [2.45, 2.75) is 24.8 Å². The van der Waals surface area contributed by atoms with E-state index >= 15 is 0 Å². The Labute approximate surface area is 166 Å². The number of hydrogen-bond acceptors (Lipinski definition) is 7. The van der Waals surface area contributed by atoms with Crippen molar-refractivity contribution in [3.05, 3.63) is 53.3 Å². The molecular formula is C17H16ClN3O6S. The van der Waals surface area contributed by atoms with Crippen LogP contribution in [0.15, 0.2) is 47.5 Å². The third kappa shape index (κ3) is 5.76. The van der Waals surface area contributed by atoms with Gasteiger partial charge in [0.2, 0.25) is 5.91 Å². The Morgan fingerprint density at radius 2 is 1.79 bits per heavy atom. The lowest BCUT2D eigenvalue weighted by molar-refractivity contribution is -0.123. The molecule has 11 heteroatoms. The van der Waals surface area contributed by atoms with Crippen LogP contribution in [0.1, 0.15) is 24.2 Å². The number of halogens is 1. The number of pyridine rings is 1. The first-order chi connectivity index (χ1) is 13.1. The van der Waals surface area contributed by atoms with Crippen molar-refractivity contribution in [1.82, 2.24) is 9.71 Å². The molecule has 1 heterocycles. The number of nitrogens with zero attached hydrogens (tertiary/aromatic N) is 1. The number of nitrogens with one attached hydrogen (secondary N) is 2. The molecule has 1 aromatic heterocycles. The van der Waals surface area contributed by atoms with Crippen molar-refractivity contribution >= 4 is 45.1 Å². The summed E-state index contributed by atoms with van der Waals surface area (Å²) >= 11 is 5.70. The highest BCUT2D eigenvalue weighted by Crippen LogP contribution is 2.15. The lowest BCUT2D eigenvalue weighted by Gasteiger charge is -2.14. The Balaban J connectivity index is 2.00. The fourth-order valence-corrected chi connectivity index (χ4v) is 3.19. The number of ether oxygens (including phenoxy) is 1. The van der Waals surface area contributed by atoms with Gasteiger partial charge in [0.25, 0.3) is 15.9 Å². The summed E-state index contributed by atoms with van der Waals surface area (Å²) in [4.78, 5) is 38.7. The first-order valence-electron chi connectivity index (χ1n) is 7.85. The van der Waals surface area contributed by atoms with Crippen molar-refractivity contribution < 1.29 is 27.5 Å². The Morgan fingerprint density at radius 3 is 2.36 bits per heavy atom. The summed E-state index contributed by atoms with van der Waals surface area (Å²) in [5.41, 5.74) is 0.425. The summed E-state index contributed by atoms with van der Waals surface area (Å²) in [5.74, 6) is -2.09. The van der Waals surface area contributed by atoms with Crippen LogP contribution in [0.5, 0.6) is 0 Å². The van der Waals surface area contributed by atoms with Gasteiger partial charge in [-0.15, -0.1) is 0 Å². The van der Waals surface area contributed by atoms with Gasteiger partial charge < -0.3 is 10.1 Å². The minimum Gasteiger partial charge on any atom is -0.449 e. The zero-order valence-corrected chi connectivity index (χ0v) is 16.4. The van der Waals surface area contributed by atoms with Crippen LogP contribution in [0.4, 0.5) is 5.69 Å². The second kappa shape index (κ2) is 8.81. The zero-order valence-electron chi connectivity index (χ0n) is 14.8. The predicted octanol–water partition coefficient (Wildman–Crippen LogP) is 1.74. The van der Waals surface area contributed by atoms with Crippen LogP contribution in [0.3, 0.4) is 0 Å². The molecule has 0 bridgehead atoms. The topological polar surface area (TPSA) is 132 Å². The number of sulfonamides is 1. The number of hydrogen-bond donors (Lipinski definition) is 2. The summed E-state index contributed by atoms with van der Waals surface area (Å²) in [7, 11) is -3.97. The van der Waals surface area contributed by atoms with E-state index in [2.05, 4.69) is 10.3 Å². The molecule has 0 aliphatic carbocycles.